The summed E-state index contributed by atoms with van der Waals surface area (Å²) in [7, 11) is 0. The molecule has 3 atom stereocenters. The van der Waals surface area contributed by atoms with Crippen LogP contribution in [0.3, 0.4) is 0 Å². The molecule has 1 aliphatic carbocycles. The Morgan fingerprint density at radius 2 is 2.00 bits per heavy atom. The highest BCUT2D eigenvalue weighted by Gasteiger charge is 2.42. The van der Waals surface area contributed by atoms with Crippen LogP contribution in [0.5, 0.6) is 0 Å². The summed E-state index contributed by atoms with van der Waals surface area (Å²) >= 11 is 21.0. The fourth-order valence-corrected chi connectivity index (χ4v) is 3.03. The average molecular weight is 384 g/mol. The fourth-order valence-electron chi connectivity index (χ4n) is 1.50. The number of hydrogen-bond donors (Lipinski definition) is 0. The third-order valence-electron chi connectivity index (χ3n) is 2.55. The molecule has 0 heterocycles. The normalized spacial score (nSPS) is 28.2. The van der Waals surface area contributed by atoms with Crippen molar-refractivity contribution in [3.05, 3.63) is 36.0 Å². The zero-order chi connectivity index (χ0) is 14.1. The van der Waals surface area contributed by atoms with Gasteiger partial charge in [-0.1, -0.05) is 28.1 Å². The molecule has 0 nitrogen and oxygen atoms in total. The molecule has 1 rings (SSSR count). The maximum Gasteiger partial charge on any atom is 0.416 e. The Kier molecular flexibility index (Phi) is 5.27. The van der Waals surface area contributed by atoms with Gasteiger partial charge in [-0.15, -0.1) is 41.4 Å². The van der Waals surface area contributed by atoms with Gasteiger partial charge in [-0.3, -0.25) is 0 Å². The van der Waals surface area contributed by atoms with Gasteiger partial charge in [0.05, 0.1) is 20.7 Å². The van der Waals surface area contributed by atoms with E-state index >= 15 is 0 Å². The molecule has 3 unspecified atom stereocenters. The Hall–Kier alpha value is 0.360. The lowest BCUT2D eigenvalue weighted by molar-refractivity contribution is -0.0886. The maximum absolute atomic E-state index is 12.7. The SMILES string of the molecule is C=CC(Cl)(CCl)C1=CC(C(F)(F)F)=CC(Cl)C1Br. The molecule has 0 bridgehead atoms. The van der Waals surface area contributed by atoms with E-state index in [0.717, 1.165) is 12.2 Å². The average Bonchev–Trinajstić information content (AvgIpc) is 2.30. The summed E-state index contributed by atoms with van der Waals surface area (Å²) in [5.41, 5.74) is -0.575. The predicted molar refractivity (Wildman–Crippen MR) is 74.1 cm³/mol. The standard InChI is InChI=1S/C11H9BrCl3F3/c1-2-10(15,5-13)7-3-6(11(16,17)18)4-8(14)9(7)12/h2-4,8-9H,1,5H2. The van der Waals surface area contributed by atoms with Crippen molar-refractivity contribution >= 4 is 50.7 Å². The number of halogens is 7. The molecule has 0 aromatic heterocycles. The van der Waals surface area contributed by atoms with Crippen molar-refractivity contribution in [3.63, 3.8) is 0 Å². The number of allylic oxidation sites excluding steroid dienone is 5. The molecule has 0 saturated carbocycles. The molecule has 0 amide bonds. The van der Waals surface area contributed by atoms with Gasteiger partial charge in [-0.2, -0.15) is 13.2 Å². The van der Waals surface area contributed by atoms with Crippen LogP contribution in [-0.4, -0.2) is 27.1 Å². The first-order valence-electron chi connectivity index (χ1n) is 4.83. The van der Waals surface area contributed by atoms with Crippen LogP contribution in [0.2, 0.25) is 0 Å². The zero-order valence-corrected chi connectivity index (χ0v) is 12.8. The summed E-state index contributed by atoms with van der Waals surface area (Å²) in [5, 5.41) is -0.858. The summed E-state index contributed by atoms with van der Waals surface area (Å²) < 4.78 is 38.2. The Morgan fingerprint density at radius 3 is 2.39 bits per heavy atom. The van der Waals surface area contributed by atoms with Gasteiger partial charge in [0.15, 0.2) is 0 Å². The summed E-state index contributed by atoms with van der Waals surface area (Å²) in [6, 6.07) is 0. The third-order valence-corrected chi connectivity index (χ3v) is 5.36. The molecule has 1 aliphatic rings. The van der Waals surface area contributed by atoms with E-state index in [9.17, 15) is 13.2 Å². The van der Waals surface area contributed by atoms with Crippen LogP contribution in [0.1, 0.15) is 0 Å². The lowest BCUT2D eigenvalue weighted by Crippen LogP contribution is -2.35. The second-order valence-electron chi connectivity index (χ2n) is 3.77. The second kappa shape index (κ2) is 5.78. The van der Waals surface area contributed by atoms with Gasteiger partial charge in [0.1, 0.15) is 0 Å². The lowest BCUT2D eigenvalue weighted by atomic mass is 9.89. The van der Waals surface area contributed by atoms with Crippen molar-refractivity contribution in [2.24, 2.45) is 0 Å². The van der Waals surface area contributed by atoms with Crippen molar-refractivity contribution in [1.29, 1.82) is 0 Å². The smallest absolute Gasteiger partial charge is 0.166 e. The number of alkyl halides is 7. The molecule has 7 heteroatoms. The van der Waals surface area contributed by atoms with Gasteiger partial charge in [0.2, 0.25) is 0 Å². The Balaban J connectivity index is 3.29. The highest BCUT2D eigenvalue weighted by atomic mass is 79.9. The van der Waals surface area contributed by atoms with Crippen molar-refractivity contribution < 1.29 is 13.2 Å². The molecule has 0 fully saturated rings. The van der Waals surface area contributed by atoms with Crippen molar-refractivity contribution in [3.8, 4) is 0 Å². The highest BCUT2D eigenvalue weighted by Crippen LogP contribution is 2.42. The van der Waals surface area contributed by atoms with E-state index in [1.54, 1.807) is 0 Å². The topological polar surface area (TPSA) is 0 Å². The molecule has 102 valence electrons. The van der Waals surface area contributed by atoms with Crippen LogP contribution in [0.15, 0.2) is 36.0 Å². The largest absolute Gasteiger partial charge is 0.416 e. The van der Waals surface area contributed by atoms with E-state index in [4.69, 9.17) is 34.8 Å². The van der Waals surface area contributed by atoms with Gasteiger partial charge in [-0.25, -0.2) is 0 Å². The first-order chi connectivity index (χ1) is 8.15. The fraction of sp³-hybridized carbons (Fsp3) is 0.455. The summed E-state index contributed by atoms with van der Waals surface area (Å²) in [6.45, 7) is 3.50. The molecule has 18 heavy (non-hydrogen) atoms. The Bertz CT molecular complexity index is 403. The monoisotopic (exact) mass is 382 g/mol. The zero-order valence-electron chi connectivity index (χ0n) is 8.95. The van der Waals surface area contributed by atoms with Crippen LogP contribution in [-0.2, 0) is 0 Å². The first kappa shape index (κ1) is 16.4. The molecule has 0 spiro atoms. The summed E-state index contributed by atoms with van der Waals surface area (Å²) in [4.78, 5) is -1.78. The van der Waals surface area contributed by atoms with Crippen molar-refractivity contribution in [2.45, 2.75) is 21.3 Å². The highest BCUT2D eigenvalue weighted by molar-refractivity contribution is 9.09. The molecule has 0 saturated heterocycles. The van der Waals surface area contributed by atoms with Crippen molar-refractivity contribution in [1.82, 2.24) is 0 Å². The molecule has 0 N–H and O–H groups in total. The lowest BCUT2D eigenvalue weighted by Gasteiger charge is -2.32. The second-order valence-corrected chi connectivity index (χ2v) is 6.20. The van der Waals surface area contributed by atoms with Crippen LogP contribution in [0.4, 0.5) is 13.2 Å². The third kappa shape index (κ3) is 3.27. The molecule has 0 aliphatic heterocycles. The minimum Gasteiger partial charge on any atom is -0.166 e. The summed E-state index contributed by atoms with van der Waals surface area (Å²) in [5.74, 6) is -0.0965. The van der Waals surface area contributed by atoms with Gasteiger partial charge in [0, 0.05) is 5.88 Å². The summed E-state index contributed by atoms with van der Waals surface area (Å²) in [6.07, 6.45) is -1.25. The minimum atomic E-state index is -4.48. The Labute approximate surface area is 127 Å². The predicted octanol–water partition coefficient (Wildman–Crippen LogP) is 5.19. The molecule has 0 radical (unpaired) electrons. The van der Waals surface area contributed by atoms with Crippen molar-refractivity contribution in [2.75, 3.05) is 5.88 Å². The Morgan fingerprint density at radius 1 is 1.44 bits per heavy atom. The van der Waals surface area contributed by atoms with Gasteiger partial charge in [-0.05, 0) is 11.6 Å². The number of rotatable bonds is 3. The van der Waals surface area contributed by atoms with E-state index in [0.29, 0.717) is 0 Å². The first-order valence-corrected chi connectivity index (χ1v) is 7.10. The minimum absolute atomic E-state index is 0.0965. The van der Waals surface area contributed by atoms with E-state index < -0.39 is 26.8 Å². The molecule has 0 aromatic carbocycles. The molecular weight excluding hydrogens is 375 g/mol. The van der Waals surface area contributed by atoms with Crippen LogP contribution in [0, 0.1) is 0 Å². The van der Waals surface area contributed by atoms with Gasteiger partial charge >= 0.3 is 6.18 Å². The maximum atomic E-state index is 12.7. The van der Waals surface area contributed by atoms with Gasteiger partial charge in [0.25, 0.3) is 0 Å². The van der Waals surface area contributed by atoms with Gasteiger partial charge < -0.3 is 0 Å². The number of hydrogen-bond acceptors (Lipinski definition) is 0. The van der Waals surface area contributed by atoms with E-state index in [1.165, 1.54) is 6.08 Å². The van der Waals surface area contributed by atoms with E-state index in [2.05, 4.69) is 22.5 Å². The van der Waals surface area contributed by atoms with E-state index in [-0.39, 0.29) is 11.5 Å². The quantitative estimate of drug-likeness (QED) is 0.464. The molecular formula is C11H9BrCl3F3. The van der Waals surface area contributed by atoms with Crippen LogP contribution < -0.4 is 0 Å². The molecule has 0 aromatic rings. The van der Waals surface area contributed by atoms with E-state index in [1.807, 2.05) is 0 Å². The van der Waals surface area contributed by atoms with Crippen LogP contribution in [0.25, 0.3) is 0 Å². The van der Waals surface area contributed by atoms with Crippen LogP contribution >= 0.6 is 50.7 Å².